The number of anilines is 2. The van der Waals surface area contributed by atoms with Crippen LogP contribution in [-0.4, -0.2) is 4.98 Å². The van der Waals surface area contributed by atoms with E-state index in [1.54, 1.807) is 0 Å². The summed E-state index contributed by atoms with van der Waals surface area (Å²) in [7, 11) is 0. The van der Waals surface area contributed by atoms with Crippen molar-refractivity contribution in [2.45, 2.75) is 0 Å². The molecule has 0 fully saturated rings. The third-order valence-electron chi connectivity index (χ3n) is 2.80. The van der Waals surface area contributed by atoms with Gasteiger partial charge < -0.3 is 5.32 Å². The van der Waals surface area contributed by atoms with Crippen LogP contribution in [0.1, 0.15) is 0 Å². The summed E-state index contributed by atoms with van der Waals surface area (Å²) in [6, 6.07) is 15.7. The molecule has 0 aliphatic carbocycles. The maximum Gasteiger partial charge on any atom is 0.0703 e. The number of fused-ring (bicyclic) bond motifs is 1. The van der Waals surface area contributed by atoms with Crippen LogP contribution in [0.25, 0.3) is 10.9 Å². The Morgan fingerprint density at radius 1 is 1.05 bits per heavy atom. The number of halogens is 2. The second-order valence-corrected chi connectivity index (χ2v) is 5.46. The van der Waals surface area contributed by atoms with Crippen LogP contribution >= 0.6 is 27.5 Å². The molecule has 3 aromatic rings. The van der Waals surface area contributed by atoms with Gasteiger partial charge in [-0.15, -0.1) is 0 Å². The molecule has 94 valence electrons. The molecule has 0 amide bonds. The second kappa shape index (κ2) is 5.19. The fourth-order valence-electron chi connectivity index (χ4n) is 1.89. The van der Waals surface area contributed by atoms with E-state index < -0.39 is 0 Å². The van der Waals surface area contributed by atoms with Crippen LogP contribution in [-0.2, 0) is 0 Å². The third-order valence-corrected chi connectivity index (χ3v) is 3.69. The maximum atomic E-state index is 5.93. The fourth-order valence-corrected chi connectivity index (χ4v) is 2.67. The van der Waals surface area contributed by atoms with E-state index in [0.717, 1.165) is 26.8 Å². The summed E-state index contributed by atoms with van der Waals surface area (Å²) in [5.41, 5.74) is 2.89. The molecule has 0 aliphatic rings. The van der Waals surface area contributed by atoms with Crippen molar-refractivity contribution in [1.29, 1.82) is 0 Å². The summed E-state index contributed by atoms with van der Waals surface area (Å²) in [4.78, 5) is 4.42. The zero-order valence-electron chi connectivity index (χ0n) is 9.90. The molecular formula is C15H10BrClN2. The van der Waals surface area contributed by atoms with Crippen molar-refractivity contribution in [3.05, 3.63) is 64.2 Å². The normalized spacial score (nSPS) is 10.6. The Hall–Kier alpha value is -1.58. The largest absolute Gasteiger partial charge is 0.353 e. The molecule has 1 aromatic heterocycles. The number of nitrogens with one attached hydrogen (secondary N) is 1. The number of nitrogens with zero attached hydrogens (tertiary/aromatic N) is 1. The van der Waals surface area contributed by atoms with Crippen LogP contribution in [0.5, 0.6) is 0 Å². The number of aromatic nitrogens is 1. The summed E-state index contributed by atoms with van der Waals surface area (Å²) in [5.74, 6) is 0. The molecular weight excluding hydrogens is 324 g/mol. The van der Waals surface area contributed by atoms with E-state index in [0.29, 0.717) is 5.02 Å². The van der Waals surface area contributed by atoms with E-state index >= 15 is 0 Å². The summed E-state index contributed by atoms with van der Waals surface area (Å²) in [6.45, 7) is 0. The van der Waals surface area contributed by atoms with Crippen LogP contribution < -0.4 is 5.32 Å². The van der Waals surface area contributed by atoms with Gasteiger partial charge in [0.15, 0.2) is 0 Å². The van der Waals surface area contributed by atoms with Gasteiger partial charge in [0.25, 0.3) is 0 Å². The van der Waals surface area contributed by atoms with Gasteiger partial charge in [-0.25, -0.2) is 0 Å². The van der Waals surface area contributed by atoms with Crippen molar-refractivity contribution < 1.29 is 0 Å². The Labute approximate surface area is 124 Å². The minimum atomic E-state index is 0.703. The van der Waals surface area contributed by atoms with Crippen molar-refractivity contribution in [2.75, 3.05) is 5.32 Å². The molecule has 0 radical (unpaired) electrons. The molecule has 1 N–H and O–H groups in total. The zero-order valence-corrected chi connectivity index (χ0v) is 12.2. The molecule has 0 bridgehead atoms. The lowest BCUT2D eigenvalue weighted by Gasteiger charge is -2.09. The first-order valence-electron chi connectivity index (χ1n) is 5.79. The highest BCUT2D eigenvalue weighted by molar-refractivity contribution is 9.10. The van der Waals surface area contributed by atoms with Crippen molar-refractivity contribution in [3.63, 3.8) is 0 Å². The van der Waals surface area contributed by atoms with Gasteiger partial charge in [0.05, 0.1) is 23.1 Å². The monoisotopic (exact) mass is 332 g/mol. The Morgan fingerprint density at radius 2 is 1.89 bits per heavy atom. The maximum absolute atomic E-state index is 5.93. The smallest absolute Gasteiger partial charge is 0.0703 e. The van der Waals surface area contributed by atoms with Crippen molar-refractivity contribution in [1.82, 2.24) is 4.98 Å². The van der Waals surface area contributed by atoms with Gasteiger partial charge in [0.1, 0.15) is 0 Å². The number of hydrogen-bond acceptors (Lipinski definition) is 2. The van der Waals surface area contributed by atoms with Crippen LogP contribution in [0.3, 0.4) is 0 Å². The van der Waals surface area contributed by atoms with Crippen molar-refractivity contribution in [2.24, 2.45) is 0 Å². The standard InChI is InChI=1S/C15H10BrClN2/c16-13-8-11(17)5-6-15(13)19-12-7-10-3-1-2-4-14(10)18-9-12/h1-9,19H. The predicted octanol–water partition coefficient (Wildman–Crippen LogP) is 5.39. The highest BCUT2D eigenvalue weighted by Gasteiger charge is 2.02. The number of rotatable bonds is 2. The van der Waals surface area contributed by atoms with E-state index in [-0.39, 0.29) is 0 Å². The quantitative estimate of drug-likeness (QED) is 0.679. The molecule has 0 saturated heterocycles. The Balaban J connectivity index is 1.96. The van der Waals surface area contributed by atoms with E-state index in [9.17, 15) is 0 Å². The summed E-state index contributed by atoms with van der Waals surface area (Å²) >= 11 is 9.41. The molecule has 0 spiro atoms. The SMILES string of the molecule is Clc1ccc(Nc2cnc3ccccc3c2)c(Br)c1. The molecule has 0 aliphatic heterocycles. The third kappa shape index (κ3) is 2.72. The van der Waals surface area contributed by atoms with Gasteiger partial charge in [0.2, 0.25) is 0 Å². The van der Waals surface area contributed by atoms with Crippen LogP contribution in [0, 0.1) is 0 Å². The van der Waals surface area contributed by atoms with E-state index in [4.69, 9.17) is 11.6 Å². The van der Waals surface area contributed by atoms with Crippen molar-refractivity contribution in [3.8, 4) is 0 Å². The van der Waals surface area contributed by atoms with Gasteiger partial charge in [-0.2, -0.15) is 0 Å². The molecule has 0 atom stereocenters. The Kier molecular flexibility index (Phi) is 3.40. The Morgan fingerprint density at radius 3 is 2.74 bits per heavy atom. The molecule has 19 heavy (non-hydrogen) atoms. The molecule has 3 rings (SSSR count). The lowest BCUT2D eigenvalue weighted by molar-refractivity contribution is 1.39. The average Bonchev–Trinajstić information content (AvgIpc) is 2.42. The highest BCUT2D eigenvalue weighted by atomic mass is 79.9. The number of hydrogen-bond donors (Lipinski definition) is 1. The molecule has 0 unspecified atom stereocenters. The van der Waals surface area contributed by atoms with E-state index in [1.807, 2.05) is 48.7 Å². The Bertz CT molecular complexity index is 743. The zero-order chi connectivity index (χ0) is 13.2. The fraction of sp³-hybridized carbons (Fsp3) is 0. The second-order valence-electron chi connectivity index (χ2n) is 4.17. The number of benzene rings is 2. The minimum absolute atomic E-state index is 0.703. The first-order valence-corrected chi connectivity index (χ1v) is 6.96. The van der Waals surface area contributed by atoms with E-state index in [1.165, 1.54) is 0 Å². The van der Waals surface area contributed by atoms with Gasteiger partial charge in [0, 0.05) is 14.9 Å². The first kappa shape index (κ1) is 12.5. The summed E-state index contributed by atoms with van der Waals surface area (Å²) < 4.78 is 0.924. The van der Waals surface area contributed by atoms with Gasteiger partial charge in [-0.3, -0.25) is 4.98 Å². The van der Waals surface area contributed by atoms with Crippen LogP contribution in [0.4, 0.5) is 11.4 Å². The highest BCUT2D eigenvalue weighted by Crippen LogP contribution is 2.29. The minimum Gasteiger partial charge on any atom is -0.353 e. The van der Waals surface area contributed by atoms with Crippen LogP contribution in [0.15, 0.2) is 59.2 Å². The van der Waals surface area contributed by atoms with Gasteiger partial charge in [-0.1, -0.05) is 29.8 Å². The topological polar surface area (TPSA) is 24.9 Å². The molecule has 2 nitrogen and oxygen atoms in total. The van der Waals surface area contributed by atoms with Crippen molar-refractivity contribution >= 4 is 49.8 Å². The molecule has 0 saturated carbocycles. The lowest BCUT2D eigenvalue weighted by Crippen LogP contribution is -1.92. The number of para-hydroxylation sites is 1. The van der Waals surface area contributed by atoms with Gasteiger partial charge in [-0.05, 0) is 46.3 Å². The summed E-state index contributed by atoms with van der Waals surface area (Å²) in [5, 5.41) is 5.14. The van der Waals surface area contributed by atoms with E-state index in [2.05, 4.69) is 32.3 Å². The molecule has 2 aromatic carbocycles. The number of pyridine rings is 1. The first-order chi connectivity index (χ1) is 9.22. The summed E-state index contributed by atoms with van der Waals surface area (Å²) in [6.07, 6.45) is 1.82. The lowest BCUT2D eigenvalue weighted by atomic mass is 10.2. The average molecular weight is 334 g/mol. The molecule has 4 heteroatoms. The molecule has 1 heterocycles. The van der Waals surface area contributed by atoms with Crippen LogP contribution in [0.2, 0.25) is 5.02 Å². The van der Waals surface area contributed by atoms with Gasteiger partial charge >= 0.3 is 0 Å². The predicted molar refractivity (Wildman–Crippen MR) is 84.2 cm³/mol.